The average molecular weight is 301 g/mol. The fraction of sp³-hybridized carbons (Fsp3) is 0.588. The van der Waals surface area contributed by atoms with Crippen molar-refractivity contribution >= 4 is 11.7 Å². The zero-order valence-electron chi connectivity index (χ0n) is 13.1. The highest BCUT2D eigenvalue weighted by molar-refractivity contribution is 6.08. The Balaban J connectivity index is 1.54. The van der Waals surface area contributed by atoms with E-state index in [0.29, 0.717) is 19.5 Å². The summed E-state index contributed by atoms with van der Waals surface area (Å²) in [5.74, 6) is 0.185. The van der Waals surface area contributed by atoms with Gasteiger partial charge in [-0.1, -0.05) is 13.0 Å². The molecule has 0 atom stereocenters. The lowest BCUT2D eigenvalue weighted by Gasteiger charge is -2.36. The normalized spacial score (nSPS) is 20.7. The molecule has 0 aromatic carbocycles. The molecule has 2 fully saturated rings. The number of rotatable bonds is 5. The summed E-state index contributed by atoms with van der Waals surface area (Å²) in [5.41, 5.74) is 0.403. The fourth-order valence-electron chi connectivity index (χ4n) is 3.21. The number of Topliss-reactive ketones (excluding diaryl/α,β-unsaturated/α-hetero) is 1. The van der Waals surface area contributed by atoms with Crippen LogP contribution in [0.25, 0.3) is 0 Å². The zero-order chi connectivity index (χ0) is 15.6. The van der Waals surface area contributed by atoms with Gasteiger partial charge < -0.3 is 4.90 Å². The van der Waals surface area contributed by atoms with Crippen LogP contribution in [0.2, 0.25) is 0 Å². The van der Waals surface area contributed by atoms with Gasteiger partial charge in [-0.3, -0.25) is 19.5 Å². The highest BCUT2D eigenvalue weighted by Crippen LogP contribution is 2.48. The van der Waals surface area contributed by atoms with E-state index >= 15 is 0 Å². The average Bonchev–Trinajstić information content (AvgIpc) is 3.37. The molecule has 0 bridgehead atoms. The molecule has 5 nitrogen and oxygen atoms in total. The van der Waals surface area contributed by atoms with E-state index in [9.17, 15) is 9.59 Å². The zero-order valence-corrected chi connectivity index (χ0v) is 13.1. The number of ketones is 1. The molecule has 2 aliphatic rings. The van der Waals surface area contributed by atoms with Crippen LogP contribution < -0.4 is 0 Å². The number of carbonyl (C=O) groups is 2. The summed E-state index contributed by atoms with van der Waals surface area (Å²) in [6.07, 6.45) is 3.76. The van der Waals surface area contributed by atoms with Crippen molar-refractivity contribution in [3.05, 3.63) is 30.1 Å². The Hall–Kier alpha value is -1.75. The molecule has 118 valence electrons. The van der Waals surface area contributed by atoms with Gasteiger partial charge in [0, 0.05) is 45.3 Å². The summed E-state index contributed by atoms with van der Waals surface area (Å²) in [5, 5.41) is 0. The van der Waals surface area contributed by atoms with E-state index in [1.807, 2.05) is 36.2 Å². The molecular weight excluding hydrogens is 278 g/mol. The first-order valence-electron chi connectivity index (χ1n) is 8.10. The van der Waals surface area contributed by atoms with Crippen LogP contribution in [0.3, 0.4) is 0 Å². The smallest absolute Gasteiger partial charge is 0.236 e. The van der Waals surface area contributed by atoms with Crippen molar-refractivity contribution in [1.82, 2.24) is 14.8 Å². The second kappa shape index (κ2) is 6.16. The number of piperazine rings is 1. The van der Waals surface area contributed by atoms with Crippen LogP contribution >= 0.6 is 0 Å². The summed E-state index contributed by atoms with van der Waals surface area (Å²) < 4.78 is 0. The molecule has 2 heterocycles. The first-order chi connectivity index (χ1) is 10.7. The molecule has 0 radical (unpaired) electrons. The van der Waals surface area contributed by atoms with E-state index in [1.165, 1.54) is 0 Å². The van der Waals surface area contributed by atoms with Crippen molar-refractivity contribution in [2.24, 2.45) is 5.41 Å². The van der Waals surface area contributed by atoms with E-state index < -0.39 is 5.41 Å². The third-order valence-corrected chi connectivity index (χ3v) is 4.79. The standard InChI is InChI=1S/C17H23N3O2/c1-2-15(21)17(6-7-17)16(22)20-11-9-19(10-12-20)13-14-5-3-4-8-18-14/h3-5,8H,2,6-7,9-13H2,1H3. The molecule has 5 heteroatoms. The van der Waals surface area contributed by atoms with E-state index in [-0.39, 0.29) is 11.7 Å². The summed E-state index contributed by atoms with van der Waals surface area (Å²) >= 11 is 0. The van der Waals surface area contributed by atoms with Crippen LogP contribution in [-0.4, -0.2) is 52.7 Å². The number of nitrogens with zero attached hydrogens (tertiary/aromatic N) is 3. The van der Waals surface area contributed by atoms with Crippen molar-refractivity contribution in [3.63, 3.8) is 0 Å². The molecule has 0 spiro atoms. The number of pyridine rings is 1. The number of hydrogen-bond donors (Lipinski definition) is 0. The maximum atomic E-state index is 12.6. The third-order valence-electron chi connectivity index (χ3n) is 4.79. The Morgan fingerprint density at radius 1 is 1.18 bits per heavy atom. The summed E-state index contributed by atoms with van der Waals surface area (Å²) in [7, 11) is 0. The van der Waals surface area contributed by atoms with Gasteiger partial charge in [0.25, 0.3) is 0 Å². The van der Waals surface area contributed by atoms with E-state index in [1.54, 1.807) is 0 Å². The summed E-state index contributed by atoms with van der Waals surface area (Å²) in [6, 6.07) is 5.94. The van der Waals surface area contributed by atoms with Crippen LogP contribution in [0.1, 0.15) is 31.9 Å². The van der Waals surface area contributed by atoms with Crippen molar-refractivity contribution in [2.45, 2.75) is 32.7 Å². The molecule has 3 rings (SSSR count). The van der Waals surface area contributed by atoms with Gasteiger partial charge >= 0.3 is 0 Å². The molecule has 1 aliphatic heterocycles. The Morgan fingerprint density at radius 2 is 1.91 bits per heavy atom. The molecule has 1 saturated carbocycles. The largest absolute Gasteiger partial charge is 0.339 e. The minimum absolute atomic E-state index is 0.0665. The number of amides is 1. The third kappa shape index (κ3) is 2.90. The maximum Gasteiger partial charge on any atom is 0.236 e. The fourth-order valence-corrected chi connectivity index (χ4v) is 3.21. The van der Waals surface area contributed by atoms with E-state index in [4.69, 9.17) is 0 Å². The second-order valence-corrected chi connectivity index (χ2v) is 6.25. The topological polar surface area (TPSA) is 53.5 Å². The van der Waals surface area contributed by atoms with Crippen LogP contribution in [-0.2, 0) is 16.1 Å². The van der Waals surface area contributed by atoms with Gasteiger partial charge in [-0.2, -0.15) is 0 Å². The number of carbonyl (C=O) groups excluding carboxylic acids is 2. The highest BCUT2D eigenvalue weighted by Gasteiger charge is 2.56. The van der Waals surface area contributed by atoms with Crippen molar-refractivity contribution in [1.29, 1.82) is 0 Å². The highest BCUT2D eigenvalue weighted by atomic mass is 16.2. The Kier molecular flexibility index (Phi) is 4.25. The Bertz CT molecular complexity index is 546. The number of hydrogen-bond acceptors (Lipinski definition) is 4. The Labute approximate surface area is 131 Å². The van der Waals surface area contributed by atoms with Crippen molar-refractivity contribution < 1.29 is 9.59 Å². The monoisotopic (exact) mass is 301 g/mol. The van der Waals surface area contributed by atoms with Gasteiger partial charge in [-0.05, 0) is 25.0 Å². The lowest BCUT2D eigenvalue weighted by molar-refractivity contribution is -0.144. The van der Waals surface area contributed by atoms with Gasteiger partial charge in [-0.25, -0.2) is 0 Å². The van der Waals surface area contributed by atoms with Crippen LogP contribution in [0, 0.1) is 5.41 Å². The molecule has 0 unspecified atom stereocenters. The predicted molar refractivity (Wildman–Crippen MR) is 83.1 cm³/mol. The predicted octanol–water partition coefficient (Wildman–Crippen LogP) is 1.49. The van der Waals surface area contributed by atoms with Crippen molar-refractivity contribution in [3.8, 4) is 0 Å². The Morgan fingerprint density at radius 3 is 2.45 bits per heavy atom. The molecular formula is C17H23N3O2. The quantitative estimate of drug-likeness (QED) is 0.773. The maximum absolute atomic E-state index is 12.6. The van der Waals surface area contributed by atoms with Gasteiger partial charge in [0.15, 0.2) is 0 Å². The first-order valence-corrected chi connectivity index (χ1v) is 8.10. The van der Waals surface area contributed by atoms with E-state index in [2.05, 4.69) is 9.88 Å². The van der Waals surface area contributed by atoms with E-state index in [0.717, 1.165) is 38.2 Å². The van der Waals surface area contributed by atoms with Gasteiger partial charge in [-0.15, -0.1) is 0 Å². The summed E-state index contributed by atoms with van der Waals surface area (Å²) in [6.45, 7) is 5.79. The van der Waals surface area contributed by atoms with Crippen LogP contribution in [0.5, 0.6) is 0 Å². The van der Waals surface area contributed by atoms with Gasteiger partial charge in [0.2, 0.25) is 5.91 Å². The van der Waals surface area contributed by atoms with Crippen LogP contribution in [0.15, 0.2) is 24.4 Å². The second-order valence-electron chi connectivity index (χ2n) is 6.25. The minimum Gasteiger partial charge on any atom is -0.339 e. The molecule has 1 saturated heterocycles. The van der Waals surface area contributed by atoms with Crippen molar-refractivity contribution in [2.75, 3.05) is 26.2 Å². The SMILES string of the molecule is CCC(=O)C1(C(=O)N2CCN(Cc3ccccn3)CC2)CC1. The molecule has 1 aromatic rings. The molecule has 0 N–H and O–H groups in total. The summed E-state index contributed by atoms with van der Waals surface area (Å²) in [4.78, 5) is 33.2. The minimum atomic E-state index is -0.655. The number of aromatic nitrogens is 1. The first kappa shape index (κ1) is 15.2. The lowest BCUT2D eigenvalue weighted by Crippen LogP contribution is -2.51. The molecule has 1 amide bonds. The molecule has 1 aliphatic carbocycles. The van der Waals surface area contributed by atoms with Gasteiger partial charge in [0.1, 0.15) is 11.2 Å². The van der Waals surface area contributed by atoms with Crippen LogP contribution in [0.4, 0.5) is 0 Å². The molecule has 22 heavy (non-hydrogen) atoms. The van der Waals surface area contributed by atoms with Gasteiger partial charge in [0.05, 0.1) is 5.69 Å². The molecule has 1 aromatic heterocycles. The lowest BCUT2D eigenvalue weighted by atomic mass is 9.96.